The Kier molecular flexibility index (Phi) is 2.30. The number of urea groups is 1. The lowest BCUT2D eigenvalue weighted by Crippen LogP contribution is -2.40. The average Bonchev–Trinajstić information content (AvgIpc) is 2.54. The molecule has 2 rings (SSSR count). The Morgan fingerprint density at radius 1 is 1.31 bits per heavy atom. The summed E-state index contributed by atoms with van der Waals surface area (Å²) in [6, 6.07) is 6.58. The minimum Gasteiger partial charge on any atom is -0.497 e. The van der Waals surface area contributed by atoms with Gasteiger partial charge in [-0.2, -0.15) is 0 Å². The van der Waals surface area contributed by atoms with E-state index >= 15 is 0 Å². The Morgan fingerprint density at radius 3 is 2.62 bits per heavy atom. The predicted octanol–water partition coefficient (Wildman–Crippen LogP) is 0.750. The molecule has 0 aromatic heterocycles. The van der Waals surface area contributed by atoms with E-state index in [1.165, 1.54) is 0 Å². The Hall–Kier alpha value is -2.04. The van der Waals surface area contributed by atoms with Crippen LogP contribution in [0.4, 0.5) is 4.79 Å². The van der Waals surface area contributed by atoms with Crippen molar-refractivity contribution in [3.63, 3.8) is 0 Å². The first-order valence-corrected chi connectivity index (χ1v) is 4.84. The maximum absolute atomic E-state index is 11.7. The number of carbonyl (C=O) groups is 2. The van der Waals surface area contributed by atoms with Crippen LogP contribution in [-0.4, -0.2) is 19.0 Å². The molecule has 1 heterocycles. The molecule has 1 atom stereocenters. The summed E-state index contributed by atoms with van der Waals surface area (Å²) in [7, 11) is 1.55. The summed E-state index contributed by atoms with van der Waals surface area (Å²) in [4.78, 5) is 22.8. The van der Waals surface area contributed by atoms with Crippen molar-refractivity contribution in [3.05, 3.63) is 29.8 Å². The fourth-order valence-corrected chi connectivity index (χ4v) is 1.68. The Bertz CT molecular complexity index is 458. The zero-order chi connectivity index (χ0) is 11.8. The van der Waals surface area contributed by atoms with Gasteiger partial charge in [-0.25, -0.2) is 4.79 Å². The highest BCUT2D eigenvalue weighted by Crippen LogP contribution is 2.26. The zero-order valence-corrected chi connectivity index (χ0v) is 9.03. The minimum atomic E-state index is -1.02. The molecule has 1 aromatic rings. The predicted molar refractivity (Wildman–Crippen MR) is 57.0 cm³/mol. The summed E-state index contributed by atoms with van der Waals surface area (Å²) in [6.45, 7) is 1.65. The van der Waals surface area contributed by atoms with Gasteiger partial charge in [-0.05, 0) is 24.6 Å². The number of ether oxygens (including phenoxy) is 1. The number of methoxy groups -OCH3 is 1. The third kappa shape index (κ3) is 1.50. The quantitative estimate of drug-likeness (QED) is 0.723. The second-order valence-corrected chi connectivity index (χ2v) is 3.77. The lowest BCUT2D eigenvalue weighted by atomic mass is 9.92. The van der Waals surface area contributed by atoms with Gasteiger partial charge in [-0.3, -0.25) is 10.1 Å². The van der Waals surface area contributed by atoms with E-state index in [4.69, 9.17) is 4.74 Å². The smallest absolute Gasteiger partial charge is 0.322 e. The number of rotatable bonds is 2. The molecule has 2 N–H and O–H groups in total. The van der Waals surface area contributed by atoms with Crippen LogP contribution in [0.3, 0.4) is 0 Å². The van der Waals surface area contributed by atoms with Crippen LogP contribution >= 0.6 is 0 Å². The summed E-state index contributed by atoms with van der Waals surface area (Å²) >= 11 is 0. The minimum absolute atomic E-state index is 0.356. The van der Waals surface area contributed by atoms with E-state index in [9.17, 15) is 9.59 Å². The van der Waals surface area contributed by atoms with Gasteiger partial charge in [0.15, 0.2) is 0 Å². The summed E-state index contributed by atoms with van der Waals surface area (Å²) < 4.78 is 5.08. The van der Waals surface area contributed by atoms with Gasteiger partial charge < -0.3 is 10.1 Å². The van der Waals surface area contributed by atoms with Gasteiger partial charge in [0.25, 0.3) is 5.91 Å². The van der Waals surface area contributed by atoms with Gasteiger partial charge in [0, 0.05) is 0 Å². The molecule has 3 amide bonds. The van der Waals surface area contributed by atoms with Crippen LogP contribution in [-0.2, 0) is 10.3 Å². The SMILES string of the molecule is COc1cccc(C2(C)NC(=O)NC2=O)c1. The van der Waals surface area contributed by atoms with E-state index in [1.54, 1.807) is 38.3 Å². The molecular formula is C11H12N2O3. The Balaban J connectivity index is 2.43. The van der Waals surface area contributed by atoms with Crippen LogP contribution in [0, 0.1) is 0 Å². The van der Waals surface area contributed by atoms with Crippen LogP contribution in [0.5, 0.6) is 5.75 Å². The number of imide groups is 1. The highest BCUT2D eigenvalue weighted by atomic mass is 16.5. The van der Waals surface area contributed by atoms with Crippen LogP contribution in [0.2, 0.25) is 0 Å². The number of nitrogens with one attached hydrogen (secondary N) is 2. The Morgan fingerprint density at radius 2 is 2.06 bits per heavy atom. The molecule has 1 aliphatic heterocycles. The van der Waals surface area contributed by atoms with Gasteiger partial charge >= 0.3 is 6.03 Å². The first kappa shape index (κ1) is 10.5. The molecule has 1 aromatic carbocycles. The fraction of sp³-hybridized carbons (Fsp3) is 0.273. The molecule has 1 aliphatic rings. The molecule has 84 valence electrons. The zero-order valence-electron chi connectivity index (χ0n) is 9.03. The summed E-state index contributed by atoms with van der Waals surface area (Å²) in [6.07, 6.45) is 0. The number of hydrogen-bond acceptors (Lipinski definition) is 3. The number of hydrogen-bond donors (Lipinski definition) is 2. The van der Waals surface area contributed by atoms with Crippen molar-refractivity contribution in [1.82, 2.24) is 10.6 Å². The lowest BCUT2D eigenvalue weighted by molar-refractivity contribution is -0.123. The van der Waals surface area contributed by atoms with E-state index in [0.29, 0.717) is 11.3 Å². The molecule has 0 aliphatic carbocycles. The summed E-state index contributed by atoms with van der Waals surface area (Å²) in [5.41, 5.74) is -0.332. The van der Waals surface area contributed by atoms with Gasteiger partial charge in [0.1, 0.15) is 11.3 Å². The molecule has 1 fully saturated rings. The van der Waals surface area contributed by atoms with Crippen molar-refractivity contribution in [3.8, 4) is 5.75 Å². The third-order valence-corrected chi connectivity index (χ3v) is 2.69. The average molecular weight is 220 g/mol. The maximum Gasteiger partial charge on any atom is 0.322 e. The largest absolute Gasteiger partial charge is 0.497 e. The van der Waals surface area contributed by atoms with E-state index in [2.05, 4.69) is 10.6 Å². The lowest BCUT2D eigenvalue weighted by Gasteiger charge is -2.21. The third-order valence-electron chi connectivity index (χ3n) is 2.69. The molecule has 5 nitrogen and oxygen atoms in total. The van der Waals surface area contributed by atoms with Crippen molar-refractivity contribution in [1.29, 1.82) is 0 Å². The molecule has 5 heteroatoms. The van der Waals surface area contributed by atoms with Gasteiger partial charge in [-0.15, -0.1) is 0 Å². The molecule has 1 saturated heterocycles. The van der Waals surface area contributed by atoms with Crippen molar-refractivity contribution in [2.75, 3.05) is 7.11 Å². The van der Waals surface area contributed by atoms with Crippen molar-refractivity contribution >= 4 is 11.9 Å². The van der Waals surface area contributed by atoms with Crippen LogP contribution in [0.15, 0.2) is 24.3 Å². The number of carbonyl (C=O) groups excluding carboxylic acids is 2. The van der Waals surface area contributed by atoms with Crippen LogP contribution in [0.25, 0.3) is 0 Å². The molecule has 0 bridgehead atoms. The fourth-order valence-electron chi connectivity index (χ4n) is 1.68. The second kappa shape index (κ2) is 3.52. The maximum atomic E-state index is 11.7. The molecular weight excluding hydrogens is 208 g/mol. The van der Waals surface area contributed by atoms with E-state index in [-0.39, 0.29) is 5.91 Å². The van der Waals surface area contributed by atoms with Crippen molar-refractivity contribution in [2.24, 2.45) is 0 Å². The van der Waals surface area contributed by atoms with Gasteiger partial charge in [-0.1, -0.05) is 12.1 Å². The second-order valence-electron chi connectivity index (χ2n) is 3.77. The summed E-state index contributed by atoms with van der Waals surface area (Å²) in [5, 5.41) is 4.81. The highest BCUT2D eigenvalue weighted by Gasteiger charge is 2.43. The van der Waals surface area contributed by atoms with E-state index < -0.39 is 11.6 Å². The van der Waals surface area contributed by atoms with Crippen molar-refractivity contribution in [2.45, 2.75) is 12.5 Å². The Labute approximate surface area is 92.8 Å². The first-order valence-electron chi connectivity index (χ1n) is 4.84. The molecule has 0 spiro atoms. The number of amides is 3. The van der Waals surface area contributed by atoms with Crippen LogP contribution in [0.1, 0.15) is 12.5 Å². The monoisotopic (exact) mass is 220 g/mol. The molecule has 16 heavy (non-hydrogen) atoms. The molecule has 0 saturated carbocycles. The van der Waals surface area contributed by atoms with Gasteiger partial charge in [0.2, 0.25) is 0 Å². The van der Waals surface area contributed by atoms with Gasteiger partial charge in [0.05, 0.1) is 7.11 Å². The summed E-state index contributed by atoms with van der Waals surface area (Å²) in [5.74, 6) is 0.290. The van der Waals surface area contributed by atoms with E-state index in [1.807, 2.05) is 0 Å². The normalized spacial score (nSPS) is 23.9. The topological polar surface area (TPSA) is 67.4 Å². The standard InChI is InChI=1S/C11H12N2O3/c1-11(9(14)12-10(15)13-11)7-4-3-5-8(6-7)16-2/h3-6H,1-2H3,(H2,12,13,14,15). The van der Waals surface area contributed by atoms with E-state index in [0.717, 1.165) is 0 Å². The molecule has 0 radical (unpaired) electrons. The molecule has 1 unspecified atom stereocenters. The number of benzene rings is 1. The highest BCUT2D eigenvalue weighted by molar-refractivity contribution is 6.07. The van der Waals surface area contributed by atoms with Crippen molar-refractivity contribution < 1.29 is 14.3 Å². The van der Waals surface area contributed by atoms with Crippen LogP contribution < -0.4 is 15.4 Å². The first-order chi connectivity index (χ1) is 7.56.